The molecule has 0 aromatic carbocycles. The minimum absolute atomic E-state index is 0.0970. The lowest BCUT2D eigenvalue weighted by Gasteiger charge is -2.44. The highest BCUT2D eigenvalue weighted by atomic mass is 16.4. The van der Waals surface area contributed by atoms with Crippen molar-refractivity contribution in [3.8, 4) is 0 Å². The Morgan fingerprint density at radius 1 is 1.60 bits per heavy atom. The first-order valence-electron chi connectivity index (χ1n) is 5.29. The van der Waals surface area contributed by atoms with Crippen LogP contribution in [0.2, 0.25) is 0 Å². The van der Waals surface area contributed by atoms with Gasteiger partial charge in [-0.15, -0.1) is 0 Å². The maximum atomic E-state index is 10.7. The number of aliphatic carboxylic acids is 1. The largest absolute Gasteiger partial charge is 0.481 e. The summed E-state index contributed by atoms with van der Waals surface area (Å²) in [5.41, 5.74) is -1.13. The molecule has 1 aliphatic heterocycles. The molecule has 1 saturated heterocycles. The number of hydrogen-bond acceptors (Lipinski definition) is 4. The summed E-state index contributed by atoms with van der Waals surface area (Å²) in [6.07, 6.45) is 0.746. The summed E-state index contributed by atoms with van der Waals surface area (Å²) < 4.78 is 0. The number of carboxylic acid groups (broad SMARTS) is 1. The van der Waals surface area contributed by atoms with Gasteiger partial charge in [-0.1, -0.05) is 6.92 Å². The minimum Gasteiger partial charge on any atom is -0.481 e. The monoisotopic (exact) mass is 216 g/mol. The van der Waals surface area contributed by atoms with Gasteiger partial charge in [0, 0.05) is 19.6 Å². The first-order chi connectivity index (χ1) is 6.89. The van der Waals surface area contributed by atoms with Gasteiger partial charge in [-0.2, -0.15) is 0 Å². The van der Waals surface area contributed by atoms with Crippen molar-refractivity contribution >= 4 is 5.97 Å². The van der Waals surface area contributed by atoms with E-state index >= 15 is 0 Å². The molecule has 5 nitrogen and oxygen atoms in total. The van der Waals surface area contributed by atoms with Crippen molar-refractivity contribution < 1.29 is 15.0 Å². The SMILES string of the molecule is CCC(C)(O)CNC1(CC(=O)O)CNC1. The van der Waals surface area contributed by atoms with E-state index in [0.29, 0.717) is 26.1 Å². The maximum absolute atomic E-state index is 10.7. The van der Waals surface area contributed by atoms with Crippen LogP contribution < -0.4 is 10.6 Å². The van der Waals surface area contributed by atoms with Crippen molar-refractivity contribution in [3.05, 3.63) is 0 Å². The number of hydrogen-bond donors (Lipinski definition) is 4. The van der Waals surface area contributed by atoms with Crippen molar-refractivity contribution in [1.29, 1.82) is 0 Å². The zero-order chi connectivity index (χ0) is 11.5. The Kier molecular flexibility index (Phi) is 3.70. The molecule has 1 rings (SSSR count). The molecule has 1 fully saturated rings. The van der Waals surface area contributed by atoms with Crippen LogP contribution >= 0.6 is 0 Å². The van der Waals surface area contributed by atoms with Gasteiger partial charge < -0.3 is 20.8 Å². The average Bonchev–Trinajstić information content (AvgIpc) is 2.09. The lowest BCUT2D eigenvalue weighted by atomic mass is 9.87. The van der Waals surface area contributed by atoms with Crippen molar-refractivity contribution in [2.24, 2.45) is 0 Å². The van der Waals surface area contributed by atoms with Crippen LogP contribution in [0.1, 0.15) is 26.7 Å². The van der Waals surface area contributed by atoms with Gasteiger partial charge in [0.15, 0.2) is 0 Å². The fraction of sp³-hybridized carbons (Fsp3) is 0.900. The fourth-order valence-corrected chi connectivity index (χ4v) is 1.53. The molecular weight excluding hydrogens is 196 g/mol. The highest BCUT2D eigenvalue weighted by Crippen LogP contribution is 2.18. The second kappa shape index (κ2) is 4.47. The quantitative estimate of drug-likeness (QED) is 0.483. The first-order valence-corrected chi connectivity index (χ1v) is 5.29. The fourth-order valence-electron chi connectivity index (χ4n) is 1.53. The Balaban J connectivity index is 2.43. The third-order valence-electron chi connectivity index (χ3n) is 3.02. The van der Waals surface area contributed by atoms with Crippen LogP contribution in [0.3, 0.4) is 0 Å². The summed E-state index contributed by atoms with van der Waals surface area (Å²) in [4.78, 5) is 10.7. The van der Waals surface area contributed by atoms with E-state index in [2.05, 4.69) is 10.6 Å². The summed E-state index contributed by atoms with van der Waals surface area (Å²) in [5.74, 6) is -0.805. The van der Waals surface area contributed by atoms with Crippen LogP contribution in [0.5, 0.6) is 0 Å². The third kappa shape index (κ3) is 3.44. The number of carboxylic acids is 1. The molecule has 0 aromatic rings. The van der Waals surface area contributed by atoms with E-state index < -0.39 is 11.6 Å². The Labute approximate surface area is 89.9 Å². The standard InChI is InChI=1S/C10H20N2O3/c1-3-9(2,15)5-12-10(4-8(13)14)6-11-7-10/h11-12,15H,3-7H2,1-2H3,(H,13,14). The molecule has 0 saturated carbocycles. The van der Waals surface area contributed by atoms with Crippen molar-refractivity contribution in [3.63, 3.8) is 0 Å². The molecule has 1 unspecified atom stereocenters. The number of nitrogens with one attached hydrogen (secondary N) is 2. The second-order valence-corrected chi connectivity index (χ2v) is 4.66. The molecule has 0 spiro atoms. The lowest BCUT2D eigenvalue weighted by molar-refractivity contribution is -0.139. The molecule has 4 N–H and O–H groups in total. The van der Waals surface area contributed by atoms with E-state index in [9.17, 15) is 9.90 Å². The predicted molar refractivity (Wildman–Crippen MR) is 56.8 cm³/mol. The Morgan fingerprint density at radius 2 is 2.20 bits per heavy atom. The van der Waals surface area contributed by atoms with Gasteiger partial charge in [-0.25, -0.2) is 0 Å². The van der Waals surface area contributed by atoms with E-state index in [1.54, 1.807) is 6.92 Å². The van der Waals surface area contributed by atoms with Gasteiger partial charge in [0.25, 0.3) is 0 Å². The Bertz CT molecular complexity index is 237. The van der Waals surface area contributed by atoms with Crippen LogP contribution in [-0.2, 0) is 4.79 Å². The van der Waals surface area contributed by atoms with Crippen LogP contribution in [0, 0.1) is 0 Å². The molecule has 1 atom stereocenters. The van der Waals surface area contributed by atoms with Gasteiger partial charge in [-0.3, -0.25) is 4.79 Å². The molecule has 5 heteroatoms. The molecule has 1 heterocycles. The molecule has 0 aliphatic carbocycles. The van der Waals surface area contributed by atoms with E-state index in [-0.39, 0.29) is 12.0 Å². The number of β-amino-alcohol motifs (C(OH)–C–C–N with tert-alkyl or cyclic N) is 1. The first kappa shape index (κ1) is 12.4. The lowest BCUT2D eigenvalue weighted by Crippen LogP contribution is -2.70. The van der Waals surface area contributed by atoms with Gasteiger partial charge in [0.2, 0.25) is 0 Å². The van der Waals surface area contributed by atoms with Gasteiger partial charge in [0.1, 0.15) is 0 Å². The summed E-state index contributed by atoms with van der Waals surface area (Å²) in [5, 5.41) is 24.8. The van der Waals surface area contributed by atoms with Crippen LogP contribution in [0.15, 0.2) is 0 Å². The van der Waals surface area contributed by atoms with Crippen molar-refractivity contribution in [2.45, 2.75) is 37.8 Å². The van der Waals surface area contributed by atoms with Gasteiger partial charge in [-0.05, 0) is 13.3 Å². The highest BCUT2D eigenvalue weighted by molar-refractivity contribution is 5.68. The Morgan fingerprint density at radius 3 is 2.53 bits per heavy atom. The number of carbonyl (C=O) groups is 1. The molecule has 1 aliphatic rings. The van der Waals surface area contributed by atoms with Crippen LogP contribution in [0.4, 0.5) is 0 Å². The number of rotatable bonds is 6. The second-order valence-electron chi connectivity index (χ2n) is 4.66. The molecule has 0 amide bonds. The van der Waals surface area contributed by atoms with Crippen LogP contribution in [0.25, 0.3) is 0 Å². The average molecular weight is 216 g/mol. The minimum atomic E-state index is -0.805. The molecule has 88 valence electrons. The van der Waals surface area contributed by atoms with E-state index in [1.165, 1.54) is 0 Å². The summed E-state index contributed by atoms with van der Waals surface area (Å²) in [7, 11) is 0. The molecule has 15 heavy (non-hydrogen) atoms. The highest BCUT2D eigenvalue weighted by Gasteiger charge is 2.39. The zero-order valence-electron chi connectivity index (χ0n) is 9.34. The third-order valence-corrected chi connectivity index (χ3v) is 3.02. The molecular formula is C10H20N2O3. The summed E-state index contributed by atoms with van der Waals surface area (Å²) in [6, 6.07) is 0. The van der Waals surface area contributed by atoms with E-state index in [4.69, 9.17) is 5.11 Å². The van der Waals surface area contributed by atoms with Crippen molar-refractivity contribution in [1.82, 2.24) is 10.6 Å². The normalized spacial score (nSPS) is 22.9. The summed E-state index contributed by atoms with van der Waals surface area (Å²) in [6.45, 7) is 5.39. The van der Waals surface area contributed by atoms with Crippen molar-refractivity contribution in [2.75, 3.05) is 19.6 Å². The smallest absolute Gasteiger partial charge is 0.305 e. The van der Waals surface area contributed by atoms with E-state index in [0.717, 1.165) is 0 Å². The number of aliphatic hydroxyl groups is 1. The predicted octanol–water partition coefficient (Wildman–Crippen LogP) is -0.446. The molecule has 0 radical (unpaired) electrons. The van der Waals surface area contributed by atoms with E-state index in [1.807, 2.05) is 6.92 Å². The zero-order valence-corrected chi connectivity index (χ0v) is 9.34. The maximum Gasteiger partial charge on any atom is 0.305 e. The van der Waals surface area contributed by atoms with Gasteiger partial charge in [0.05, 0.1) is 17.6 Å². The van der Waals surface area contributed by atoms with Gasteiger partial charge >= 0.3 is 5.97 Å². The van der Waals surface area contributed by atoms with Crippen LogP contribution in [-0.4, -0.2) is 47.0 Å². The molecule has 0 aromatic heterocycles. The topological polar surface area (TPSA) is 81.6 Å². The molecule has 0 bridgehead atoms. The Hall–Kier alpha value is -0.650. The summed E-state index contributed by atoms with van der Waals surface area (Å²) >= 11 is 0.